The second kappa shape index (κ2) is 4.91. The molecule has 0 spiro atoms. The Labute approximate surface area is 108 Å². The molecular formula is C11H13ClF3N3. The smallest absolute Gasteiger partial charge is 0.348 e. The molecular weight excluding hydrogens is 267 g/mol. The van der Waals surface area contributed by atoms with Gasteiger partial charge in [-0.15, -0.1) is 0 Å². The number of anilines is 1. The second-order valence-electron chi connectivity index (χ2n) is 4.31. The number of hydrogen-bond acceptors (Lipinski definition) is 3. The Morgan fingerprint density at radius 3 is 2.56 bits per heavy atom. The molecule has 0 saturated heterocycles. The van der Waals surface area contributed by atoms with E-state index in [1.807, 2.05) is 0 Å². The normalized spacial score (nSPS) is 15.8. The van der Waals surface area contributed by atoms with Crippen LogP contribution in [0.4, 0.5) is 19.0 Å². The zero-order valence-electron chi connectivity index (χ0n) is 9.84. The van der Waals surface area contributed by atoms with E-state index in [0.717, 1.165) is 17.7 Å². The summed E-state index contributed by atoms with van der Waals surface area (Å²) in [5, 5.41) is 0.197. The summed E-state index contributed by atoms with van der Waals surface area (Å²) < 4.78 is 37.3. The molecule has 1 aromatic rings. The molecule has 1 aromatic heterocycles. The van der Waals surface area contributed by atoms with Crippen LogP contribution < -0.4 is 4.90 Å². The Balaban J connectivity index is 2.24. The van der Waals surface area contributed by atoms with E-state index in [1.54, 1.807) is 6.92 Å². The van der Waals surface area contributed by atoms with Crippen molar-refractivity contribution in [3.63, 3.8) is 0 Å². The Hall–Kier alpha value is -1.04. The maximum Gasteiger partial charge on any atom is 0.405 e. The zero-order valence-corrected chi connectivity index (χ0v) is 10.6. The average molecular weight is 280 g/mol. The fraction of sp³-hybridized carbons (Fsp3) is 0.636. The van der Waals surface area contributed by atoms with Gasteiger partial charge >= 0.3 is 6.18 Å². The van der Waals surface area contributed by atoms with E-state index < -0.39 is 12.7 Å². The molecule has 0 N–H and O–H groups in total. The van der Waals surface area contributed by atoms with Gasteiger partial charge in [0.05, 0.1) is 0 Å². The predicted molar refractivity (Wildman–Crippen MR) is 63.0 cm³/mol. The van der Waals surface area contributed by atoms with E-state index in [0.29, 0.717) is 5.82 Å². The Bertz CT molecular complexity index is 432. The summed E-state index contributed by atoms with van der Waals surface area (Å²) >= 11 is 5.84. The molecule has 0 amide bonds. The number of hydrogen-bond donors (Lipinski definition) is 0. The Morgan fingerprint density at radius 1 is 1.39 bits per heavy atom. The van der Waals surface area contributed by atoms with E-state index in [-0.39, 0.29) is 23.4 Å². The molecule has 0 radical (unpaired) electrons. The molecule has 0 aliphatic heterocycles. The van der Waals surface area contributed by atoms with Gasteiger partial charge in [-0.3, -0.25) is 0 Å². The first-order valence-corrected chi connectivity index (χ1v) is 6.13. The van der Waals surface area contributed by atoms with Crippen LogP contribution in [0.15, 0.2) is 6.07 Å². The quantitative estimate of drug-likeness (QED) is 0.791. The molecule has 1 heterocycles. The van der Waals surface area contributed by atoms with E-state index in [1.165, 1.54) is 6.07 Å². The van der Waals surface area contributed by atoms with Crippen LogP contribution >= 0.6 is 11.6 Å². The highest BCUT2D eigenvalue weighted by atomic mass is 35.5. The van der Waals surface area contributed by atoms with Crippen LogP contribution in [0.2, 0.25) is 5.15 Å². The van der Waals surface area contributed by atoms with Gasteiger partial charge in [-0.1, -0.05) is 11.6 Å². The molecule has 0 unspecified atom stereocenters. The number of nitrogens with zero attached hydrogens (tertiary/aromatic N) is 3. The van der Waals surface area contributed by atoms with Crippen molar-refractivity contribution >= 4 is 17.4 Å². The molecule has 1 fully saturated rings. The molecule has 0 aromatic carbocycles. The van der Waals surface area contributed by atoms with Gasteiger partial charge in [0.25, 0.3) is 0 Å². The van der Waals surface area contributed by atoms with Crippen LogP contribution in [0, 0.1) is 0 Å². The van der Waals surface area contributed by atoms with Gasteiger partial charge in [-0.2, -0.15) is 13.2 Å². The topological polar surface area (TPSA) is 29.0 Å². The van der Waals surface area contributed by atoms with Gasteiger partial charge in [0.2, 0.25) is 0 Å². The van der Waals surface area contributed by atoms with Crippen molar-refractivity contribution in [3.8, 4) is 0 Å². The van der Waals surface area contributed by atoms with Crippen LogP contribution in [0.3, 0.4) is 0 Å². The van der Waals surface area contributed by atoms with Crippen molar-refractivity contribution in [1.29, 1.82) is 0 Å². The summed E-state index contributed by atoms with van der Waals surface area (Å²) in [5.74, 6) is 1.06. The first-order valence-electron chi connectivity index (χ1n) is 5.75. The monoisotopic (exact) mass is 279 g/mol. The third-order valence-electron chi connectivity index (χ3n) is 2.72. The highest BCUT2D eigenvalue weighted by molar-refractivity contribution is 6.29. The highest BCUT2D eigenvalue weighted by Gasteiger charge is 2.32. The third-order valence-corrected chi connectivity index (χ3v) is 2.91. The van der Waals surface area contributed by atoms with Crippen LogP contribution in [-0.2, 0) is 0 Å². The molecule has 100 valence electrons. The van der Waals surface area contributed by atoms with E-state index in [4.69, 9.17) is 11.6 Å². The summed E-state index contributed by atoms with van der Waals surface area (Å²) in [6.45, 7) is 0.844. The minimum absolute atomic E-state index is 0.197. The summed E-state index contributed by atoms with van der Waals surface area (Å²) in [7, 11) is 0. The summed E-state index contributed by atoms with van der Waals surface area (Å²) in [5.41, 5.74) is 0. The molecule has 1 saturated carbocycles. The van der Waals surface area contributed by atoms with Crippen molar-refractivity contribution in [3.05, 3.63) is 17.0 Å². The lowest BCUT2D eigenvalue weighted by molar-refractivity contribution is -0.119. The number of aromatic nitrogens is 2. The minimum Gasteiger partial charge on any atom is -0.348 e. The molecule has 18 heavy (non-hydrogen) atoms. The molecule has 1 aliphatic rings. The van der Waals surface area contributed by atoms with Gasteiger partial charge in [-0.25, -0.2) is 9.97 Å². The lowest BCUT2D eigenvalue weighted by Crippen LogP contribution is -2.34. The molecule has 7 heteroatoms. The fourth-order valence-corrected chi connectivity index (χ4v) is 1.86. The van der Waals surface area contributed by atoms with Crippen molar-refractivity contribution in [2.45, 2.75) is 31.9 Å². The minimum atomic E-state index is -4.26. The number of halogens is 4. The standard InChI is InChI=1S/C11H13ClF3N3/c1-2-18(6-11(13,14)15)9-5-8(12)16-10(17-9)7-3-4-7/h5,7H,2-4,6H2,1H3. The van der Waals surface area contributed by atoms with E-state index >= 15 is 0 Å². The number of alkyl halides is 3. The Kier molecular flexibility index (Phi) is 3.66. The summed E-state index contributed by atoms with van der Waals surface area (Å²) in [4.78, 5) is 9.39. The molecule has 0 bridgehead atoms. The largest absolute Gasteiger partial charge is 0.405 e. The van der Waals surface area contributed by atoms with Gasteiger partial charge < -0.3 is 4.90 Å². The van der Waals surface area contributed by atoms with Crippen molar-refractivity contribution in [1.82, 2.24) is 9.97 Å². The van der Waals surface area contributed by atoms with Crippen molar-refractivity contribution in [2.75, 3.05) is 18.0 Å². The molecule has 2 rings (SSSR count). The first-order chi connectivity index (χ1) is 8.39. The van der Waals surface area contributed by atoms with Crippen LogP contribution in [0.5, 0.6) is 0 Å². The Morgan fingerprint density at radius 2 is 2.06 bits per heavy atom. The van der Waals surface area contributed by atoms with E-state index in [2.05, 4.69) is 9.97 Å². The van der Waals surface area contributed by atoms with Gasteiger partial charge in [0.1, 0.15) is 23.3 Å². The molecule has 3 nitrogen and oxygen atoms in total. The fourth-order valence-electron chi connectivity index (χ4n) is 1.68. The SMILES string of the molecule is CCN(CC(F)(F)F)c1cc(Cl)nc(C2CC2)n1. The predicted octanol–water partition coefficient (Wildman–Crippen LogP) is 3.40. The van der Waals surface area contributed by atoms with Crippen LogP contribution in [-0.4, -0.2) is 29.2 Å². The van der Waals surface area contributed by atoms with Gasteiger partial charge in [-0.05, 0) is 19.8 Å². The van der Waals surface area contributed by atoms with Crippen LogP contribution in [0.1, 0.15) is 31.5 Å². The van der Waals surface area contributed by atoms with Gasteiger partial charge in [0, 0.05) is 18.5 Å². The number of rotatable bonds is 4. The average Bonchev–Trinajstić information content (AvgIpc) is 3.07. The molecule has 1 aliphatic carbocycles. The summed E-state index contributed by atoms with van der Waals surface area (Å²) in [6, 6.07) is 1.38. The highest BCUT2D eigenvalue weighted by Crippen LogP contribution is 2.39. The van der Waals surface area contributed by atoms with Gasteiger partial charge in [0.15, 0.2) is 0 Å². The van der Waals surface area contributed by atoms with E-state index in [9.17, 15) is 13.2 Å². The first kappa shape index (κ1) is 13.4. The van der Waals surface area contributed by atoms with Crippen molar-refractivity contribution < 1.29 is 13.2 Å². The molecule has 0 atom stereocenters. The third kappa shape index (κ3) is 3.48. The lowest BCUT2D eigenvalue weighted by atomic mass is 10.3. The maximum atomic E-state index is 12.4. The summed E-state index contributed by atoms with van der Waals surface area (Å²) in [6.07, 6.45) is -2.30. The lowest BCUT2D eigenvalue weighted by Gasteiger charge is -2.23. The van der Waals surface area contributed by atoms with Crippen LogP contribution in [0.25, 0.3) is 0 Å². The second-order valence-corrected chi connectivity index (χ2v) is 4.70. The van der Waals surface area contributed by atoms with Crippen molar-refractivity contribution in [2.24, 2.45) is 0 Å². The zero-order chi connectivity index (χ0) is 13.3. The maximum absolute atomic E-state index is 12.4.